The average molecular weight is 291 g/mol. The highest BCUT2D eigenvalue weighted by Crippen LogP contribution is 2.24. The van der Waals surface area contributed by atoms with E-state index in [9.17, 15) is 10.1 Å². The smallest absolute Gasteiger partial charge is 0.278 e. The normalized spacial score (nSPS) is 12.3. The Kier molecular flexibility index (Phi) is 4.46. The first-order valence-corrected chi connectivity index (χ1v) is 7.30. The Bertz CT molecular complexity index is 611. The number of nitrogens with zero attached hydrogens (tertiary/aromatic N) is 2. The van der Waals surface area contributed by atoms with Gasteiger partial charge in [0.25, 0.3) is 5.69 Å². The van der Waals surface area contributed by atoms with Crippen LogP contribution in [0, 0.1) is 24.0 Å². The maximum Gasteiger partial charge on any atom is 0.278 e. The summed E-state index contributed by atoms with van der Waals surface area (Å²) in [6, 6.07) is 2.27. The Morgan fingerprint density at radius 2 is 2.25 bits per heavy atom. The molecular formula is C14H17N3O2S. The molecule has 0 spiro atoms. The molecule has 0 saturated heterocycles. The van der Waals surface area contributed by atoms with Crippen LogP contribution >= 0.6 is 11.3 Å². The summed E-state index contributed by atoms with van der Waals surface area (Å²) in [5.41, 5.74) is 3.35. The van der Waals surface area contributed by atoms with Crippen molar-refractivity contribution in [3.63, 3.8) is 0 Å². The molecule has 5 nitrogen and oxygen atoms in total. The predicted molar refractivity (Wildman–Crippen MR) is 79.9 cm³/mol. The summed E-state index contributed by atoms with van der Waals surface area (Å²) in [5.74, 6) is 0. The van der Waals surface area contributed by atoms with Crippen molar-refractivity contribution in [2.45, 2.75) is 33.4 Å². The summed E-state index contributed by atoms with van der Waals surface area (Å²) in [4.78, 5) is 15.1. The van der Waals surface area contributed by atoms with Crippen molar-refractivity contribution in [2.75, 3.05) is 0 Å². The third-order valence-corrected chi connectivity index (χ3v) is 4.08. The molecule has 2 aromatic rings. The van der Waals surface area contributed by atoms with Crippen molar-refractivity contribution in [3.8, 4) is 0 Å². The largest absolute Gasteiger partial charge is 0.305 e. The van der Waals surface area contributed by atoms with Crippen LogP contribution in [0.5, 0.6) is 0 Å². The van der Waals surface area contributed by atoms with Crippen LogP contribution in [0.4, 0.5) is 5.69 Å². The Morgan fingerprint density at radius 1 is 1.50 bits per heavy atom. The summed E-state index contributed by atoms with van der Waals surface area (Å²) in [5, 5.41) is 18.6. The fourth-order valence-corrected chi connectivity index (χ4v) is 2.87. The summed E-state index contributed by atoms with van der Waals surface area (Å²) >= 11 is 1.66. The van der Waals surface area contributed by atoms with Crippen LogP contribution < -0.4 is 5.32 Å². The first-order chi connectivity index (χ1) is 9.50. The van der Waals surface area contributed by atoms with Gasteiger partial charge in [-0.25, -0.2) is 0 Å². The van der Waals surface area contributed by atoms with Gasteiger partial charge in [0.1, 0.15) is 0 Å². The van der Waals surface area contributed by atoms with Crippen LogP contribution in [0.1, 0.15) is 35.3 Å². The molecule has 20 heavy (non-hydrogen) atoms. The molecule has 2 rings (SSSR count). The minimum absolute atomic E-state index is 0.167. The Labute approximate surface area is 121 Å². The van der Waals surface area contributed by atoms with Gasteiger partial charge >= 0.3 is 0 Å². The number of hydrogen-bond acceptors (Lipinski definition) is 5. The van der Waals surface area contributed by atoms with Crippen molar-refractivity contribution in [3.05, 3.63) is 55.5 Å². The number of aryl methyl sites for hydroxylation is 1. The fraction of sp³-hybridized carbons (Fsp3) is 0.357. The van der Waals surface area contributed by atoms with Gasteiger partial charge in [-0.15, -0.1) is 0 Å². The maximum atomic E-state index is 11.1. The molecule has 2 heterocycles. The molecule has 106 valence electrons. The van der Waals surface area contributed by atoms with Gasteiger partial charge in [0.2, 0.25) is 0 Å². The van der Waals surface area contributed by atoms with Gasteiger partial charge in [0.15, 0.2) is 0 Å². The predicted octanol–water partition coefficient (Wildman–Crippen LogP) is 3.52. The minimum Gasteiger partial charge on any atom is -0.305 e. The highest BCUT2D eigenvalue weighted by atomic mass is 32.1. The van der Waals surface area contributed by atoms with Gasteiger partial charge in [-0.05, 0) is 43.2 Å². The van der Waals surface area contributed by atoms with Crippen LogP contribution in [0.25, 0.3) is 0 Å². The van der Waals surface area contributed by atoms with Gasteiger partial charge in [-0.2, -0.15) is 11.3 Å². The first kappa shape index (κ1) is 14.6. The quantitative estimate of drug-likeness (QED) is 0.676. The molecule has 0 aliphatic carbocycles. The number of thiophene rings is 1. The van der Waals surface area contributed by atoms with E-state index in [0.717, 1.165) is 5.69 Å². The van der Waals surface area contributed by atoms with E-state index < -0.39 is 0 Å². The van der Waals surface area contributed by atoms with Crippen LogP contribution in [0.15, 0.2) is 23.0 Å². The van der Waals surface area contributed by atoms with E-state index in [1.54, 1.807) is 31.4 Å². The molecule has 6 heteroatoms. The highest BCUT2D eigenvalue weighted by Gasteiger charge is 2.18. The van der Waals surface area contributed by atoms with Crippen molar-refractivity contribution >= 4 is 17.0 Å². The molecule has 0 aliphatic heterocycles. The molecule has 2 aromatic heterocycles. The Balaban J connectivity index is 2.14. The number of nitro groups is 1. The van der Waals surface area contributed by atoms with E-state index in [-0.39, 0.29) is 16.7 Å². The van der Waals surface area contributed by atoms with Crippen molar-refractivity contribution < 1.29 is 4.92 Å². The topological polar surface area (TPSA) is 68.1 Å². The molecule has 1 unspecified atom stereocenters. The zero-order valence-electron chi connectivity index (χ0n) is 11.7. The van der Waals surface area contributed by atoms with Crippen molar-refractivity contribution in [2.24, 2.45) is 0 Å². The summed E-state index contributed by atoms with van der Waals surface area (Å²) in [7, 11) is 0. The van der Waals surface area contributed by atoms with E-state index in [1.807, 2.05) is 5.38 Å². The van der Waals surface area contributed by atoms with Crippen LogP contribution in [0.3, 0.4) is 0 Å². The lowest BCUT2D eigenvalue weighted by Crippen LogP contribution is -2.19. The molecule has 1 N–H and O–H groups in total. The second-order valence-corrected chi connectivity index (χ2v) is 5.56. The van der Waals surface area contributed by atoms with E-state index in [0.29, 0.717) is 17.7 Å². The number of aromatic nitrogens is 1. The van der Waals surface area contributed by atoms with Gasteiger partial charge < -0.3 is 5.32 Å². The van der Waals surface area contributed by atoms with Gasteiger partial charge in [-0.3, -0.25) is 15.1 Å². The molecule has 0 aromatic carbocycles. The van der Waals surface area contributed by atoms with E-state index in [1.165, 1.54) is 5.56 Å². The van der Waals surface area contributed by atoms with Crippen LogP contribution in [-0.2, 0) is 6.54 Å². The molecule has 0 fully saturated rings. The third kappa shape index (κ3) is 3.02. The number of hydrogen-bond donors (Lipinski definition) is 1. The second kappa shape index (κ2) is 6.11. The Hall–Kier alpha value is -1.79. The van der Waals surface area contributed by atoms with Gasteiger partial charge in [0.05, 0.1) is 10.6 Å². The standard InChI is InChI=1S/C14H17N3O2S/c1-9-6-16-13(10(2)14(9)17(18)19)7-15-11(3)12-4-5-20-8-12/h4-6,8,11,15H,7H2,1-3H3. The summed E-state index contributed by atoms with van der Waals surface area (Å²) < 4.78 is 0. The third-order valence-electron chi connectivity index (χ3n) is 3.38. The molecule has 0 saturated carbocycles. The first-order valence-electron chi connectivity index (χ1n) is 6.35. The zero-order chi connectivity index (χ0) is 14.7. The zero-order valence-corrected chi connectivity index (χ0v) is 12.5. The van der Waals surface area contributed by atoms with E-state index in [4.69, 9.17) is 0 Å². The van der Waals surface area contributed by atoms with Crippen molar-refractivity contribution in [1.82, 2.24) is 10.3 Å². The fourth-order valence-electron chi connectivity index (χ4n) is 2.11. The second-order valence-electron chi connectivity index (χ2n) is 4.78. The Morgan fingerprint density at radius 3 is 2.85 bits per heavy atom. The molecule has 1 atom stereocenters. The lowest BCUT2D eigenvalue weighted by molar-refractivity contribution is -0.386. The summed E-state index contributed by atoms with van der Waals surface area (Å²) in [6.45, 7) is 6.05. The monoisotopic (exact) mass is 291 g/mol. The number of pyridine rings is 1. The van der Waals surface area contributed by atoms with Crippen LogP contribution in [0.2, 0.25) is 0 Å². The van der Waals surface area contributed by atoms with Crippen molar-refractivity contribution in [1.29, 1.82) is 0 Å². The highest BCUT2D eigenvalue weighted by molar-refractivity contribution is 7.07. The van der Waals surface area contributed by atoms with Crippen LogP contribution in [-0.4, -0.2) is 9.91 Å². The van der Waals surface area contributed by atoms with E-state index >= 15 is 0 Å². The SMILES string of the molecule is Cc1cnc(CNC(C)c2ccsc2)c(C)c1[N+](=O)[O-]. The molecular weight excluding hydrogens is 274 g/mol. The maximum absolute atomic E-state index is 11.1. The average Bonchev–Trinajstić information content (AvgIpc) is 2.91. The van der Waals surface area contributed by atoms with Gasteiger partial charge in [0, 0.05) is 29.9 Å². The summed E-state index contributed by atoms with van der Waals surface area (Å²) in [6.07, 6.45) is 1.57. The number of rotatable bonds is 5. The van der Waals surface area contributed by atoms with E-state index in [2.05, 4.69) is 28.7 Å². The minimum atomic E-state index is -0.335. The molecule has 0 amide bonds. The van der Waals surface area contributed by atoms with Gasteiger partial charge in [-0.1, -0.05) is 0 Å². The molecule has 0 aliphatic rings. The molecule has 0 radical (unpaired) electrons. The lowest BCUT2D eigenvalue weighted by Gasteiger charge is -2.13. The number of nitrogens with one attached hydrogen (secondary N) is 1. The lowest BCUT2D eigenvalue weighted by atomic mass is 10.1. The molecule has 0 bridgehead atoms.